The molecule has 0 aliphatic carbocycles. The number of hydrogen-bond donors (Lipinski definition) is 1. The van der Waals surface area contributed by atoms with Gasteiger partial charge in [-0.1, -0.05) is 96.2 Å². The van der Waals surface area contributed by atoms with Crippen molar-refractivity contribution in [1.29, 1.82) is 0 Å². The van der Waals surface area contributed by atoms with E-state index in [1.807, 2.05) is 91.0 Å². The molecule has 4 rings (SSSR count). The number of aromatic nitrogens is 3. The average Bonchev–Trinajstić information content (AvgIpc) is 3.30. The topological polar surface area (TPSA) is 71.2 Å². The highest BCUT2D eigenvalue weighted by molar-refractivity contribution is 5.91. The van der Waals surface area contributed by atoms with E-state index in [0.717, 1.165) is 16.7 Å². The summed E-state index contributed by atoms with van der Waals surface area (Å²) in [7, 11) is 1.65. The summed E-state index contributed by atoms with van der Waals surface area (Å²) in [4.78, 5) is 14.4. The lowest BCUT2D eigenvalue weighted by Crippen LogP contribution is -2.31. The Labute approximate surface area is 181 Å². The van der Waals surface area contributed by atoms with Crippen LogP contribution in [0, 0.1) is 0 Å². The molecule has 0 unspecified atom stereocenters. The molecule has 0 radical (unpaired) electrons. The lowest BCUT2D eigenvalue weighted by atomic mass is 9.99. The van der Waals surface area contributed by atoms with Crippen LogP contribution in [0.25, 0.3) is 0 Å². The first-order valence-electron chi connectivity index (χ1n) is 10.1. The van der Waals surface area contributed by atoms with Gasteiger partial charge in [-0.25, -0.2) is 4.68 Å². The van der Waals surface area contributed by atoms with Crippen molar-refractivity contribution in [3.05, 3.63) is 120 Å². The number of carbonyl (C=O) groups excluding carboxylic acids is 1. The first-order chi connectivity index (χ1) is 15.1. The number of nitrogens with zero attached hydrogens (tertiary/aromatic N) is 4. The Morgan fingerprint density at radius 1 is 0.871 bits per heavy atom. The van der Waals surface area contributed by atoms with E-state index in [1.54, 1.807) is 17.9 Å². The van der Waals surface area contributed by atoms with Crippen molar-refractivity contribution < 1.29 is 9.90 Å². The molecule has 1 N–H and O–H groups in total. The Hall–Kier alpha value is -3.77. The van der Waals surface area contributed by atoms with Gasteiger partial charge in [-0.2, -0.15) is 0 Å². The molecule has 6 nitrogen and oxygen atoms in total. The molecule has 6 heteroatoms. The summed E-state index contributed by atoms with van der Waals surface area (Å²) < 4.78 is 1.71. The van der Waals surface area contributed by atoms with Gasteiger partial charge in [0.05, 0.1) is 18.8 Å². The summed E-state index contributed by atoms with van der Waals surface area (Å²) in [6.07, 6.45) is 0.893. The molecule has 4 aromatic rings. The Morgan fingerprint density at radius 3 is 1.87 bits per heavy atom. The summed E-state index contributed by atoms with van der Waals surface area (Å²) in [5, 5.41) is 18.8. The molecule has 0 bridgehead atoms. The van der Waals surface area contributed by atoms with Gasteiger partial charge in [0.2, 0.25) is 0 Å². The van der Waals surface area contributed by atoms with Crippen LogP contribution in [0.15, 0.2) is 97.2 Å². The summed E-state index contributed by atoms with van der Waals surface area (Å²) in [5.74, 6) is -0.291. The minimum Gasteiger partial charge on any atom is -0.387 e. The van der Waals surface area contributed by atoms with E-state index in [-0.39, 0.29) is 24.2 Å². The largest absolute Gasteiger partial charge is 0.387 e. The molecule has 1 aromatic heterocycles. The monoisotopic (exact) mass is 412 g/mol. The standard InChI is InChI=1S/C25H24N4O2/c1-28(18-23(30)19-11-5-2-6-12-19)25(31)22-17-29(27-26-22)24(20-13-7-3-8-14-20)21-15-9-4-10-16-21/h2-17,23-24,30H,18H2,1H3/t23-/m1/s1. The number of likely N-dealkylation sites (N-methyl/N-ethyl adjacent to an activating group) is 1. The maximum atomic E-state index is 12.9. The van der Waals surface area contributed by atoms with Crippen molar-refractivity contribution >= 4 is 5.91 Å². The molecule has 31 heavy (non-hydrogen) atoms. The van der Waals surface area contributed by atoms with E-state index in [2.05, 4.69) is 10.3 Å². The lowest BCUT2D eigenvalue weighted by Gasteiger charge is -2.20. The molecule has 0 spiro atoms. The van der Waals surface area contributed by atoms with E-state index in [0.29, 0.717) is 0 Å². The Kier molecular flexibility index (Phi) is 6.19. The summed E-state index contributed by atoms with van der Waals surface area (Å²) in [6.45, 7) is 0.163. The molecule has 1 atom stereocenters. The van der Waals surface area contributed by atoms with Gasteiger partial charge in [0.15, 0.2) is 5.69 Å². The molecule has 3 aromatic carbocycles. The second-order valence-electron chi connectivity index (χ2n) is 7.42. The normalized spacial score (nSPS) is 12.0. The van der Waals surface area contributed by atoms with Crippen LogP contribution in [0.2, 0.25) is 0 Å². The average molecular weight is 412 g/mol. The van der Waals surface area contributed by atoms with Crippen molar-refractivity contribution in [3.8, 4) is 0 Å². The zero-order valence-electron chi connectivity index (χ0n) is 17.2. The van der Waals surface area contributed by atoms with E-state index in [9.17, 15) is 9.90 Å². The molecule has 0 aliphatic rings. The Balaban J connectivity index is 1.56. The van der Waals surface area contributed by atoms with Gasteiger partial charge in [-0.15, -0.1) is 5.10 Å². The number of benzene rings is 3. The summed E-state index contributed by atoms with van der Waals surface area (Å²) in [6, 6.07) is 29.1. The van der Waals surface area contributed by atoms with Crippen LogP contribution in [0.4, 0.5) is 0 Å². The van der Waals surface area contributed by atoms with E-state index < -0.39 is 6.10 Å². The van der Waals surface area contributed by atoms with Crippen molar-refractivity contribution in [1.82, 2.24) is 19.9 Å². The second kappa shape index (κ2) is 9.36. The fourth-order valence-corrected chi connectivity index (χ4v) is 3.59. The highest BCUT2D eigenvalue weighted by Gasteiger charge is 2.23. The van der Waals surface area contributed by atoms with Crippen molar-refractivity contribution in [2.45, 2.75) is 12.1 Å². The molecule has 0 saturated carbocycles. The number of amides is 1. The third-order valence-electron chi connectivity index (χ3n) is 5.20. The molecule has 0 aliphatic heterocycles. The van der Waals surface area contributed by atoms with Crippen LogP contribution in [0.1, 0.15) is 39.3 Å². The Morgan fingerprint density at radius 2 is 1.35 bits per heavy atom. The maximum absolute atomic E-state index is 12.9. The predicted molar refractivity (Wildman–Crippen MR) is 119 cm³/mol. The molecule has 1 heterocycles. The third kappa shape index (κ3) is 4.70. The minimum atomic E-state index is -0.772. The molecular formula is C25H24N4O2. The zero-order chi connectivity index (χ0) is 21.6. The van der Waals surface area contributed by atoms with Gasteiger partial charge in [0, 0.05) is 7.05 Å². The highest BCUT2D eigenvalue weighted by Crippen LogP contribution is 2.26. The van der Waals surface area contributed by atoms with Crippen LogP contribution < -0.4 is 0 Å². The molecular weight excluding hydrogens is 388 g/mol. The fourth-order valence-electron chi connectivity index (χ4n) is 3.59. The van der Waals surface area contributed by atoms with Crippen molar-refractivity contribution in [2.24, 2.45) is 0 Å². The number of aliphatic hydroxyl groups excluding tert-OH is 1. The minimum absolute atomic E-state index is 0.163. The van der Waals surface area contributed by atoms with Crippen LogP contribution in [0.5, 0.6) is 0 Å². The molecule has 1 amide bonds. The highest BCUT2D eigenvalue weighted by atomic mass is 16.3. The van der Waals surface area contributed by atoms with Gasteiger partial charge in [0.25, 0.3) is 5.91 Å². The summed E-state index contributed by atoms with van der Waals surface area (Å²) in [5.41, 5.74) is 3.09. The number of carbonyl (C=O) groups is 1. The summed E-state index contributed by atoms with van der Waals surface area (Å²) >= 11 is 0. The van der Waals surface area contributed by atoms with Crippen LogP contribution in [-0.2, 0) is 0 Å². The number of aliphatic hydroxyl groups is 1. The van der Waals surface area contributed by atoms with Crippen molar-refractivity contribution in [2.75, 3.05) is 13.6 Å². The molecule has 156 valence electrons. The van der Waals surface area contributed by atoms with Gasteiger partial charge in [0.1, 0.15) is 6.04 Å². The van der Waals surface area contributed by atoms with Gasteiger partial charge in [-0.3, -0.25) is 4.79 Å². The predicted octanol–water partition coefficient (Wildman–Crippen LogP) is 3.72. The zero-order valence-corrected chi connectivity index (χ0v) is 17.2. The SMILES string of the molecule is CN(C[C@@H](O)c1ccccc1)C(=O)c1cn(C(c2ccccc2)c2ccccc2)nn1. The van der Waals surface area contributed by atoms with E-state index >= 15 is 0 Å². The van der Waals surface area contributed by atoms with E-state index in [4.69, 9.17) is 0 Å². The van der Waals surface area contributed by atoms with Crippen molar-refractivity contribution in [3.63, 3.8) is 0 Å². The number of rotatable bonds is 7. The third-order valence-corrected chi connectivity index (χ3v) is 5.20. The molecule has 0 fully saturated rings. The first-order valence-corrected chi connectivity index (χ1v) is 10.1. The quantitative estimate of drug-likeness (QED) is 0.502. The maximum Gasteiger partial charge on any atom is 0.275 e. The fraction of sp³-hybridized carbons (Fsp3) is 0.160. The van der Waals surface area contributed by atoms with Crippen LogP contribution in [0.3, 0.4) is 0 Å². The lowest BCUT2D eigenvalue weighted by molar-refractivity contribution is 0.0675. The van der Waals surface area contributed by atoms with Gasteiger partial charge >= 0.3 is 0 Å². The van der Waals surface area contributed by atoms with Gasteiger partial charge < -0.3 is 10.0 Å². The smallest absolute Gasteiger partial charge is 0.275 e. The first kappa shape index (κ1) is 20.5. The van der Waals surface area contributed by atoms with Crippen LogP contribution in [-0.4, -0.2) is 44.5 Å². The number of hydrogen-bond acceptors (Lipinski definition) is 4. The van der Waals surface area contributed by atoms with Gasteiger partial charge in [-0.05, 0) is 16.7 Å². The van der Waals surface area contributed by atoms with E-state index in [1.165, 1.54) is 4.90 Å². The second-order valence-corrected chi connectivity index (χ2v) is 7.42. The van der Waals surface area contributed by atoms with Crippen LogP contribution >= 0.6 is 0 Å². The molecule has 0 saturated heterocycles. The Bertz CT molecular complexity index is 1070.